The van der Waals surface area contributed by atoms with E-state index in [9.17, 15) is 0 Å². The first-order valence-corrected chi connectivity index (χ1v) is 5.55. The zero-order valence-corrected chi connectivity index (χ0v) is 8.61. The Balaban J connectivity index is 1.59. The number of nitrogens with one attached hydrogen (secondary N) is 1. The summed E-state index contributed by atoms with van der Waals surface area (Å²) >= 11 is 0. The zero-order chi connectivity index (χ0) is 10.1. The topological polar surface area (TPSA) is 60.2 Å². The summed E-state index contributed by atoms with van der Waals surface area (Å²) in [5.41, 5.74) is 0. The minimum absolute atomic E-state index is 0.312. The van der Waals surface area contributed by atoms with Crippen molar-refractivity contribution in [2.24, 2.45) is 0 Å². The molecule has 1 aliphatic carbocycles. The first-order chi connectivity index (χ1) is 7.42. The molecule has 0 aromatic carbocycles. The fraction of sp³-hybridized carbons (Fsp3) is 0.800. The maximum Gasteiger partial charge on any atom is 0.232 e. The number of rotatable bonds is 4. The van der Waals surface area contributed by atoms with Gasteiger partial charge in [0.05, 0.1) is 19.1 Å². The highest BCUT2D eigenvalue weighted by Crippen LogP contribution is 2.23. The SMILES string of the molecule is C1CC(c2nc(CNC3CC3)no2)CO1. The number of ether oxygens (including phenoxy) is 1. The van der Waals surface area contributed by atoms with Gasteiger partial charge >= 0.3 is 0 Å². The van der Waals surface area contributed by atoms with Gasteiger partial charge in [0, 0.05) is 12.6 Å². The quantitative estimate of drug-likeness (QED) is 0.795. The van der Waals surface area contributed by atoms with E-state index in [0.29, 0.717) is 12.0 Å². The highest BCUT2D eigenvalue weighted by atomic mass is 16.5. The van der Waals surface area contributed by atoms with E-state index in [4.69, 9.17) is 9.26 Å². The van der Waals surface area contributed by atoms with Gasteiger partial charge in [-0.2, -0.15) is 4.98 Å². The second-order valence-corrected chi connectivity index (χ2v) is 4.26. The molecule has 1 N–H and O–H groups in total. The van der Waals surface area contributed by atoms with Gasteiger partial charge in [0.1, 0.15) is 0 Å². The van der Waals surface area contributed by atoms with Crippen molar-refractivity contribution in [3.8, 4) is 0 Å². The fourth-order valence-electron chi connectivity index (χ4n) is 1.76. The van der Waals surface area contributed by atoms with E-state index in [1.807, 2.05) is 0 Å². The normalized spacial score (nSPS) is 26.0. The maximum atomic E-state index is 5.29. The van der Waals surface area contributed by atoms with Crippen LogP contribution < -0.4 is 5.32 Å². The molecular weight excluding hydrogens is 194 g/mol. The summed E-state index contributed by atoms with van der Waals surface area (Å²) in [6.07, 6.45) is 3.56. The molecule has 5 heteroatoms. The average molecular weight is 209 g/mol. The lowest BCUT2D eigenvalue weighted by Gasteiger charge is -1.98. The van der Waals surface area contributed by atoms with E-state index in [-0.39, 0.29) is 0 Å². The van der Waals surface area contributed by atoms with Gasteiger partial charge in [-0.3, -0.25) is 0 Å². The molecule has 2 aliphatic rings. The number of hydrogen-bond acceptors (Lipinski definition) is 5. The van der Waals surface area contributed by atoms with Crippen LogP contribution in [-0.4, -0.2) is 29.4 Å². The van der Waals surface area contributed by atoms with Crippen LogP contribution in [0.3, 0.4) is 0 Å². The molecule has 1 aromatic heterocycles. The molecule has 0 spiro atoms. The van der Waals surface area contributed by atoms with Crippen LogP contribution in [0.4, 0.5) is 0 Å². The van der Waals surface area contributed by atoms with Gasteiger partial charge in [-0.25, -0.2) is 0 Å². The first-order valence-electron chi connectivity index (χ1n) is 5.55. The minimum Gasteiger partial charge on any atom is -0.381 e. The molecule has 5 nitrogen and oxygen atoms in total. The Bertz CT molecular complexity index is 329. The van der Waals surface area contributed by atoms with Crippen molar-refractivity contribution < 1.29 is 9.26 Å². The molecule has 15 heavy (non-hydrogen) atoms. The molecule has 1 unspecified atom stereocenters. The van der Waals surface area contributed by atoms with Gasteiger partial charge < -0.3 is 14.6 Å². The van der Waals surface area contributed by atoms with Crippen LogP contribution >= 0.6 is 0 Å². The van der Waals surface area contributed by atoms with E-state index in [1.54, 1.807) is 0 Å². The highest BCUT2D eigenvalue weighted by molar-refractivity contribution is 4.96. The smallest absolute Gasteiger partial charge is 0.232 e. The third kappa shape index (κ3) is 2.18. The lowest BCUT2D eigenvalue weighted by molar-refractivity contribution is 0.189. The molecule has 1 saturated heterocycles. The number of hydrogen-bond donors (Lipinski definition) is 1. The summed E-state index contributed by atoms with van der Waals surface area (Å²) in [6, 6.07) is 0.682. The van der Waals surface area contributed by atoms with Gasteiger partial charge in [0.15, 0.2) is 5.82 Å². The van der Waals surface area contributed by atoms with Crippen LogP contribution in [0.2, 0.25) is 0 Å². The Morgan fingerprint density at radius 1 is 1.33 bits per heavy atom. The summed E-state index contributed by atoms with van der Waals surface area (Å²) in [5.74, 6) is 1.82. The second kappa shape index (κ2) is 3.90. The highest BCUT2D eigenvalue weighted by Gasteiger charge is 2.25. The van der Waals surface area contributed by atoms with Crippen LogP contribution in [0.15, 0.2) is 4.52 Å². The van der Waals surface area contributed by atoms with Crippen LogP contribution in [0.25, 0.3) is 0 Å². The Morgan fingerprint density at radius 2 is 2.27 bits per heavy atom. The van der Waals surface area contributed by atoms with Gasteiger partial charge in [-0.15, -0.1) is 0 Å². The predicted octanol–water partition coefficient (Wildman–Crippen LogP) is 0.825. The molecule has 0 amide bonds. The largest absolute Gasteiger partial charge is 0.381 e. The van der Waals surface area contributed by atoms with E-state index in [1.165, 1.54) is 12.8 Å². The lowest BCUT2D eigenvalue weighted by atomic mass is 10.1. The second-order valence-electron chi connectivity index (χ2n) is 4.26. The summed E-state index contributed by atoms with van der Waals surface area (Å²) in [7, 11) is 0. The molecule has 2 fully saturated rings. The molecular formula is C10H15N3O2. The van der Waals surface area contributed by atoms with Gasteiger partial charge in [0.2, 0.25) is 5.89 Å². The molecule has 0 radical (unpaired) electrons. The Labute approximate surface area is 88.2 Å². The van der Waals surface area contributed by atoms with Crippen LogP contribution in [0.5, 0.6) is 0 Å². The fourth-order valence-corrected chi connectivity index (χ4v) is 1.76. The van der Waals surface area contributed by atoms with Crippen LogP contribution in [-0.2, 0) is 11.3 Å². The van der Waals surface area contributed by atoms with Crippen LogP contribution in [0, 0.1) is 0 Å². The van der Waals surface area contributed by atoms with Crippen molar-refractivity contribution in [3.05, 3.63) is 11.7 Å². The number of aromatic nitrogens is 2. The molecule has 0 bridgehead atoms. The zero-order valence-electron chi connectivity index (χ0n) is 8.61. The predicted molar refractivity (Wildman–Crippen MR) is 52.3 cm³/mol. The summed E-state index contributed by atoms with van der Waals surface area (Å²) in [5, 5.41) is 7.32. The maximum absolute atomic E-state index is 5.29. The lowest BCUT2D eigenvalue weighted by Crippen LogP contribution is -2.16. The Hall–Kier alpha value is -0.940. The summed E-state index contributed by atoms with van der Waals surface area (Å²) < 4.78 is 10.5. The molecule has 1 aromatic rings. The van der Waals surface area contributed by atoms with Crippen molar-refractivity contribution in [2.75, 3.05) is 13.2 Å². The molecule has 82 valence electrons. The average Bonchev–Trinajstić information content (AvgIpc) is 2.78. The van der Waals surface area contributed by atoms with Crippen molar-refractivity contribution in [1.82, 2.24) is 15.5 Å². The standard InChI is InChI=1S/C10H15N3O2/c1-2-8(1)11-5-9-12-10(15-13-9)7-3-4-14-6-7/h7-8,11H,1-6H2. The van der Waals surface area contributed by atoms with Gasteiger partial charge in [0.25, 0.3) is 0 Å². The Kier molecular flexibility index (Phi) is 2.42. The molecule has 2 heterocycles. The van der Waals surface area contributed by atoms with E-state index in [0.717, 1.165) is 37.9 Å². The summed E-state index contributed by atoms with van der Waals surface area (Å²) in [6.45, 7) is 2.25. The van der Waals surface area contributed by atoms with E-state index < -0.39 is 0 Å². The van der Waals surface area contributed by atoms with Crippen molar-refractivity contribution >= 4 is 0 Å². The van der Waals surface area contributed by atoms with Gasteiger partial charge in [-0.05, 0) is 19.3 Å². The minimum atomic E-state index is 0.312. The molecule has 1 saturated carbocycles. The van der Waals surface area contributed by atoms with Crippen molar-refractivity contribution in [1.29, 1.82) is 0 Å². The first kappa shape index (κ1) is 9.30. The summed E-state index contributed by atoms with van der Waals surface area (Å²) in [4.78, 5) is 4.37. The van der Waals surface area contributed by atoms with Crippen LogP contribution in [0.1, 0.15) is 36.9 Å². The monoisotopic (exact) mass is 209 g/mol. The van der Waals surface area contributed by atoms with Crippen molar-refractivity contribution in [3.63, 3.8) is 0 Å². The Morgan fingerprint density at radius 3 is 3.00 bits per heavy atom. The molecule has 3 rings (SSSR count). The van der Waals surface area contributed by atoms with E-state index >= 15 is 0 Å². The van der Waals surface area contributed by atoms with E-state index in [2.05, 4.69) is 15.5 Å². The third-order valence-corrected chi connectivity index (χ3v) is 2.89. The van der Waals surface area contributed by atoms with Gasteiger partial charge in [-0.1, -0.05) is 5.16 Å². The molecule has 1 atom stereocenters. The number of nitrogens with zero attached hydrogens (tertiary/aromatic N) is 2. The third-order valence-electron chi connectivity index (χ3n) is 2.89. The molecule has 1 aliphatic heterocycles. The van der Waals surface area contributed by atoms with Crippen molar-refractivity contribution in [2.45, 2.75) is 37.8 Å².